The standard InChI is InChI=1S/C15H24N2O4/c1-15(2,3)12-7-10(14(19)20)8-13(17-12)16-6-5-11(18)9-21-4/h7-8,11,18H,5-6,9H2,1-4H3,(H,16,17)(H,19,20). The molecule has 0 radical (unpaired) electrons. The predicted molar refractivity (Wildman–Crippen MR) is 80.9 cm³/mol. The van der Waals surface area contributed by atoms with Crippen LogP contribution in [-0.4, -0.2) is 47.5 Å². The summed E-state index contributed by atoms with van der Waals surface area (Å²) in [6, 6.07) is 3.09. The summed E-state index contributed by atoms with van der Waals surface area (Å²) in [5.41, 5.74) is 0.675. The number of hydrogen-bond donors (Lipinski definition) is 3. The summed E-state index contributed by atoms with van der Waals surface area (Å²) < 4.78 is 4.85. The molecule has 1 aromatic rings. The van der Waals surface area contributed by atoms with Crippen LogP contribution in [0.5, 0.6) is 0 Å². The van der Waals surface area contributed by atoms with Crippen LogP contribution in [0.2, 0.25) is 0 Å². The molecule has 0 amide bonds. The van der Waals surface area contributed by atoms with Crippen molar-refractivity contribution in [2.24, 2.45) is 0 Å². The highest BCUT2D eigenvalue weighted by molar-refractivity contribution is 5.88. The Bertz CT molecular complexity index is 483. The lowest BCUT2D eigenvalue weighted by Crippen LogP contribution is -2.20. The van der Waals surface area contributed by atoms with E-state index in [1.165, 1.54) is 13.2 Å². The fourth-order valence-electron chi connectivity index (χ4n) is 1.77. The smallest absolute Gasteiger partial charge is 0.335 e. The van der Waals surface area contributed by atoms with Gasteiger partial charge in [0, 0.05) is 24.8 Å². The second-order valence-electron chi connectivity index (χ2n) is 6.01. The lowest BCUT2D eigenvalue weighted by molar-refractivity contribution is 0.0615. The zero-order chi connectivity index (χ0) is 16.0. The molecule has 0 bridgehead atoms. The average molecular weight is 296 g/mol. The molecule has 3 N–H and O–H groups in total. The Morgan fingerprint density at radius 1 is 1.43 bits per heavy atom. The molecule has 0 saturated carbocycles. The van der Waals surface area contributed by atoms with Gasteiger partial charge in [0.15, 0.2) is 0 Å². The number of carbonyl (C=O) groups is 1. The first-order valence-electron chi connectivity index (χ1n) is 6.90. The van der Waals surface area contributed by atoms with Crippen molar-refractivity contribution in [2.45, 2.75) is 38.7 Å². The van der Waals surface area contributed by atoms with Crippen molar-refractivity contribution in [3.8, 4) is 0 Å². The topological polar surface area (TPSA) is 91.7 Å². The first-order valence-corrected chi connectivity index (χ1v) is 6.90. The number of aromatic nitrogens is 1. The molecule has 0 aromatic carbocycles. The number of hydrogen-bond acceptors (Lipinski definition) is 5. The minimum absolute atomic E-state index is 0.204. The van der Waals surface area contributed by atoms with Crippen molar-refractivity contribution in [2.75, 3.05) is 25.6 Å². The minimum atomic E-state index is -0.981. The third-order valence-corrected chi connectivity index (χ3v) is 2.98. The number of nitrogens with one attached hydrogen (secondary N) is 1. The van der Waals surface area contributed by atoms with Gasteiger partial charge in [0.2, 0.25) is 0 Å². The van der Waals surface area contributed by atoms with E-state index in [4.69, 9.17) is 4.74 Å². The van der Waals surface area contributed by atoms with Gasteiger partial charge in [-0.2, -0.15) is 0 Å². The Labute approximate surface area is 125 Å². The molecule has 1 rings (SSSR count). The highest BCUT2D eigenvalue weighted by Crippen LogP contribution is 2.23. The number of carboxylic acids is 1. The van der Waals surface area contributed by atoms with Crippen LogP contribution in [0, 0.1) is 0 Å². The number of carboxylic acid groups (broad SMARTS) is 1. The largest absolute Gasteiger partial charge is 0.478 e. The van der Waals surface area contributed by atoms with Crippen molar-refractivity contribution in [1.29, 1.82) is 0 Å². The first-order chi connectivity index (χ1) is 9.74. The fourth-order valence-corrected chi connectivity index (χ4v) is 1.77. The second-order valence-corrected chi connectivity index (χ2v) is 6.01. The van der Waals surface area contributed by atoms with Crippen LogP contribution in [0.15, 0.2) is 12.1 Å². The fraction of sp³-hybridized carbons (Fsp3) is 0.600. The Morgan fingerprint density at radius 3 is 2.62 bits per heavy atom. The van der Waals surface area contributed by atoms with Crippen molar-refractivity contribution < 1.29 is 19.7 Å². The highest BCUT2D eigenvalue weighted by Gasteiger charge is 2.19. The van der Waals surface area contributed by atoms with Gasteiger partial charge >= 0.3 is 5.97 Å². The van der Waals surface area contributed by atoms with E-state index in [0.29, 0.717) is 24.5 Å². The number of ether oxygens (including phenoxy) is 1. The van der Waals surface area contributed by atoms with Crippen LogP contribution in [-0.2, 0) is 10.2 Å². The summed E-state index contributed by atoms with van der Waals surface area (Å²) in [5.74, 6) is -0.477. The maximum atomic E-state index is 11.2. The Kier molecular flexibility index (Phi) is 6.11. The average Bonchev–Trinajstić information content (AvgIpc) is 2.37. The van der Waals surface area contributed by atoms with E-state index in [-0.39, 0.29) is 17.6 Å². The molecule has 21 heavy (non-hydrogen) atoms. The molecule has 0 aliphatic heterocycles. The summed E-state index contributed by atoms with van der Waals surface area (Å²) in [5, 5.41) is 21.8. The maximum absolute atomic E-state index is 11.2. The number of anilines is 1. The van der Waals surface area contributed by atoms with E-state index in [2.05, 4.69) is 10.3 Å². The zero-order valence-corrected chi connectivity index (χ0v) is 13.0. The van der Waals surface area contributed by atoms with Gasteiger partial charge in [-0.15, -0.1) is 0 Å². The third kappa shape index (κ3) is 5.69. The maximum Gasteiger partial charge on any atom is 0.335 e. The summed E-state index contributed by atoms with van der Waals surface area (Å²) >= 11 is 0. The number of rotatable bonds is 7. The Hall–Kier alpha value is -1.66. The van der Waals surface area contributed by atoms with Gasteiger partial charge in [-0.05, 0) is 18.6 Å². The molecule has 1 unspecified atom stereocenters. The number of nitrogens with zero attached hydrogens (tertiary/aromatic N) is 1. The molecule has 0 aliphatic rings. The SMILES string of the molecule is COCC(O)CCNc1cc(C(=O)O)cc(C(C)(C)C)n1. The monoisotopic (exact) mass is 296 g/mol. The normalized spacial score (nSPS) is 13.0. The number of methoxy groups -OCH3 is 1. The van der Waals surface area contributed by atoms with Crippen LogP contribution < -0.4 is 5.32 Å². The predicted octanol–water partition coefficient (Wildman–Crippen LogP) is 1.89. The highest BCUT2D eigenvalue weighted by atomic mass is 16.5. The molecule has 1 atom stereocenters. The van der Waals surface area contributed by atoms with Crippen LogP contribution in [0.3, 0.4) is 0 Å². The molecule has 0 fully saturated rings. The molecule has 1 aromatic heterocycles. The second kappa shape index (κ2) is 7.38. The molecule has 6 heteroatoms. The minimum Gasteiger partial charge on any atom is -0.478 e. The Morgan fingerprint density at radius 2 is 2.10 bits per heavy atom. The molecule has 0 spiro atoms. The zero-order valence-electron chi connectivity index (χ0n) is 13.0. The van der Waals surface area contributed by atoms with E-state index in [1.807, 2.05) is 20.8 Å². The van der Waals surface area contributed by atoms with Gasteiger partial charge in [0.25, 0.3) is 0 Å². The Balaban J connectivity index is 2.82. The van der Waals surface area contributed by atoms with Crippen molar-refractivity contribution in [3.05, 3.63) is 23.4 Å². The summed E-state index contributed by atoms with van der Waals surface area (Å²) in [7, 11) is 1.53. The van der Waals surface area contributed by atoms with Crippen molar-refractivity contribution >= 4 is 11.8 Å². The molecule has 6 nitrogen and oxygen atoms in total. The van der Waals surface area contributed by atoms with Gasteiger partial charge in [0.05, 0.1) is 18.3 Å². The van der Waals surface area contributed by atoms with E-state index in [1.54, 1.807) is 6.07 Å². The quantitative estimate of drug-likeness (QED) is 0.711. The van der Waals surface area contributed by atoms with Gasteiger partial charge in [-0.3, -0.25) is 0 Å². The van der Waals surface area contributed by atoms with Gasteiger partial charge in [-0.25, -0.2) is 9.78 Å². The summed E-state index contributed by atoms with van der Waals surface area (Å²) in [6.07, 6.45) is -0.0512. The molecular weight excluding hydrogens is 272 g/mol. The third-order valence-electron chi connectivity index (χ3n) is 2.98. The lowest BCUT2D eigenvalue weighted by atomic mass is 9.91. The first kappa shape index (κ1) is 17.4. The molecule has 0 aliphatic carbocycles. The van der Waals surface area contributed by atoms with Gasteiger partial charge in [-0.1, -0.05) is 20.8 Å². The number of pyridine rings is 1. The van der Waals surface area contributed by atoms with Crippen LogP contribution in [0.25, 0.3) is 0 Å². The number of aliphatic hydroxyl groups is 1. The molecule has 0 saturated heterocycles. The molecule has 118 valence electrons. The molecular formula is C15H24N2O4. The molecule has 1 heterocycles. The van der Waals surface area contributed by atoms with Crippen molar-refractivity contribution in [3.63, 3.8) is 0 Å². The number of aliphatic hydroxyl groups excluding tert-OH is 1. The number of aromatic carboxylic acids is 1. The summed E-state index contributed by atoms with van der Waals surface area (Å²) in [4.78, 5) is 15.6. The summed E-state index contributed by atoms with van der Waals surface area (Å²) in [6.45, 7) is 6.70. The van der Waals surface area contributed by atoms with Crippen LogP contribution in [0.1, 0.15) is 43.2 Å². The van der Waals surface area contributed by atoms with E-state index in [0.717, 1.165) is 0 Å². The van der Waals surface area contributed by atoms with E-state index < -0.39 is 12.1 Å². The lowest BCUT2D eigenvalue weighted by Gasteiger charge is -2.20. The van der Waals surface area contributed by atoms with E-state index in [9.17, 15) is 15.0 Å². The van der Waals surface area contributed by atoms with Crippen molar-refractivity contribution in [1.82, 2.24) is 4.98 Å². The van der Waals surface area contributed by atoms with Gasteiger partial charge < -0.3 is 20.3 Å². The van der Waals surface area contributed by atoms with Gasteiger partial charge in [0.1, 0.15) is 5.82 Å². The van der Waals surface area contributed by atoms with Crippen LogP contribution >= 0.6 is 0 Å². The van der Waals surface area contributed by atoms with Crippen LogP contribution in [0.4, 0.5) is 5.82 Å². The van der Waals surface area contributed by atoms with E-state index >= 15 is 0 Å².